The summed E-state index contributed by atoms with van der Waals surface area (Å²) in [4.78, 5) is 8.66. The number of aryl methyl sites for hydroxylation is 2. The van der Waals surface area contributed by atoms with E-state index in [2.05, 4.69) is 127 Å². The summed E-state index contributed by atoms with van der Waals surface area (Å²) >= 11 is 0. The molecule has 190 valence electrons. The zero-order valence-electron chi connectivity index (χ0n) is 22.6. The summed E-state index contributed by atoms with van der Waals surface area (Å²) < 4.78 is 0. The third kappa shape index (κ3) is 4.06. The van der Waals surface area contributed by atoms with Crippen molar-refractivity contribution in [1.82, 2.24) is 9.97 Å². The maximum atomic E-state index is 4.35. The van der Waals surface area contributed by atoms with Gasteiger partial charge in [-0.1, -0.05) is 97.1 Å². The van der Waals surface area contributed by atoms with Gasteiger partial charge in [0.15, 0.2) is 0 Å². The highest BCUT2D eigenvalue weighted by Crippen LogP contribution is 2.45. The van der Waals surface area contributed by atoms with Gasteiger partial charge in [-0.05, 0) is 97.6 Å². The fourth-order valence-electron chi connectivity index (χ4n) is 5.97. The van der Waals surface area contributed by atoms with Crippen molar-refractivity contribution in [2.24, 2.45) is 0 Å². The van der Waals surface area contributed by atoms with Crippen molar-refractivity contribution in [3.63, 3.8) is 0 Å². The van der Waals surface area contributed by atoms with E-state index < -0.39 is 0 Å². The van der Waals surface area contributed by atoms with E-state index in [-0.39, 0.29) is 0 Å². The number of pyridine rings is 2. The van der Waals surface area contributed by atoms with Crippen LogP contribution >= 0.6 is 0 Å². The van der Waals surface area contributed by atoms with E-state index in [1.165, 1.54) is 71.6 Å². The third-order valence-electron chi connectivity index (χ3n) is 7.95. The number of fused-ring (bicyclic) bond motifs is 2. The molecule has 0 aliphatic carbocycles. The first-order chi connectivity index (χ1) is 19.7. The van der Waals surface area contributed by atoms with Crippen molar-refractivity contribution in [3.05, 3.63) is 145 Å². The van der Waals surface area contributed by atoms with E-state index >= 15 is 0 Å². The first-order valence-corrected chi connectivity index (χ1v) is 13.7. The number of benzene rings is 5. The van der Waals surface area contributed by atoms with Gasteiger partial charge in [0.2, 0.25) is 0 Å². The Morgan fingerprint density at radius 2 is 1.00 bits per heavy atom. The smallest absolute Gasteiger partial charge is 0.0349 e. The topological polar surface area (TPSA) is 25.8 Å². The van der Waals surface area contributed by atoms with Crippen molar-refractivity contribution in [1.29, 1.82) is 0 Å². The molecule has 7 rings (SSSR count). The Labute approximate surface area is 234 Å². The molecule has 0 bridgehead atoms. The number of rotatable bonds is 4. The lowest BCUT2D eigenvalue weighted by atomic mass is 9.84. The second kappa shape index (κ2) is 9.91. The van der Waals surface area contributed by atoms with Crippen LogP contribution in [0.4, 0.5) is 0 Å². The molecule has 0 fully saturated rings. The summed E-state index contributed by atoms with van der Waals surface area (Å²) in [5.74, 6) is 0. The molecule has 5 aromatic carbocycles. The second-order valence-corrected chi connectivity index (χ2v) is 10.4. The molecule has 0 saturated heterocycles. The standard InChI is InChI=1S/C38H28N2/c1-25-19-21-40-24-36(25)27-13-15-28(16-14-27)37-32-9-3-5-11-34(32)38(35-12-6-4-10-33(35)37)31-18-17-29(22-26(31)2)30-8-7-20-39-23-30/h3-24H,1-2H3. The Kier molecular flexibility index (Phi) is 5.94. The molecule has 0 aliphatic rings. The Bertz CT molecular complexity index is 1950. The minimum absolute atomic E-state index is 1.13. The minimum Gasteiger partial charge on any atom is -0.264 e. The van der Waals surface area contributed by atoms with E-state index in [1.807, 2.05) is 30.9 Å². The maximum Gasteiger partial charge on any atom is 0.0349 e. The molecule has 2 nitrogen and oxygen atoms in total. The van der Waals surface area contributed by atoms with Gasteiger partial charge in [-0.3, -0.25) is 9.97 Å². The Balaban J connectivity index is 1.45. The van der Waals surface area contributed by atoms with Gasteiger partial charge >= 0.3 is 0 Å². The molecule has 0 saturated carbocycles. The number of hydrogen-bond acceptors (Lipinski definition) is 2. The number of nitrogens with zero attached hydrogens (tertiary/aromatic N) is 2. The van der Waals surface area contributed by atoms with Gasteiger partial charge < -0.3 is 0 Å². The molecule has 0 unspecified atom stereocenters. The van der Waals surface area contributed by atoms with Gasteiger partial charge in [-0.25, -0.2) is 0 Å². The van der Waals surface area contributed by atoms with E-state index in [0.717, 1.165) is 5.56 Å². The summed E-state index contributed by atoms with van der Waals surface area (Å²) in [5.41, 5.74) is 12.2. The molecule has 2 aromatic heterocycles. The fourth-order valence-corrected chi connectivity index (χ4v) is 5.97. The molecule has 0 spiro atoms. The lowest BCUT2D eigenvalue weighted by molar-refractivity contribution is 1.29. The lowest BCUT2D eigenvalue weighted by Crippen LogP contribution is -1.93. The monoisotopic (exact) mass is 512 g/mol. The molecule has 0 atom stereocenters. The van der Waals surface area contributed by atoms with E-state index in [4.69, 9.17) is 0 Å². The van der Waals surface area contributed by atoms with E-state index in [1.54, 1.807) is 0 Å². The summed E-state index contributed by atoms with van der Waals surface area (Å²) in [6.45, 7) is 4.35. The molecule has 0 aliphatic heterocycles. The third-order valence-corrected chi connectivity index (χ3v) is 7.95. The van der Waals surface area contributed by atoms with Crippen LogP contribution in [0.25, 0.3) is 66.1 Å². The van der Waals surface area contributed by atoms with Crippen LogP contribution in [0.3, 0.4) is 0 Å². The molecule has 0 radical (unpaired) electrons. The normalized spacial score (nSPS) is 11.2. The minimum atomic E-state index is 1.13. The highest BCUT2D eigenvalue weighted by Gasteiger charge is 2.18. The number of aromatic nitrogens is 2. The predicted molar refractivity (Wildman–Crippen MR) is 168 cm³/mol. The van der Waals surface area contributed by atoms with Crippen LogP contribution in [-0.2, 0) is 0 Å². The van der Waals surface area contributed by atoms with Gasteiger partial charge in [0.05, 0.1) is 0 Å². The summed E-state index contributed by atoms with van der Waals surface area (Å²) in [6, 6.07) is 39.5. The largest absolute Gasteiger partial charge is 0.264 e. The predicted octanol–water partition coefficient (Wildman–Crippen LogP) is 10.1. The Hall–Kier alpha value is -5.08. The molecular formula is C38H28N2. The second-order valence-electron chi connectivity index (χ2n) is 10.4. The summed E-state index contributed by atoms with van der Waals surface area (Å²) in [6.07, 6.45) is 7.54. The zero-order chi connectivity index (χ0) is 27.1. The highest BCUT2D eigenvalue weighted by atomic mass is 14.6. The van der Waals surface area contributed by atoms with Gasteiger partial charge in [0.25, 0.3) is 0 Å². The van der Waals surface area contributed by atoms with Crippen LogP contribution in [0.2, 0.25) is 0 Å². The Morgan fingerprint density at radius 1 is 0.400 bits per heavy atom. The van der Waals surface area contributed by atoms with Crippen LogP contribution in [0.5, 0.6) is 0 Å². The van der Waals surface area contributed by atoms with Crippen molar-refractivity contribution in [2.75, 3.05) is 0 Å². The molecule has 2 heterocycles. The maximum absolute atomic E-state index is 4.35. The first-order valence-electron chi connectivity index (χ1n) is 13.7. The van der Waals surface area contributed by atoms with Crippen LogP contribution in [-0.4, -0.2) is 9.97 Å². The Morgan fingerprint density at radius 3 is 1.60 bits per heavy atom. The number of hydrogen-bond donors (Lipinski definition) is 0. The van der Waals surface area contributed by atoms with Gasteiger partial charge in [0, 0.05) is 30.4 Å². The van der Waals surface area contributed by atoms with Crippen LogP contribution in [0.1, 0.15) is 11.1 Å². The van der Waals surface area contributed by atoms with Crippen molar-refractivity contribution >= 4 is 21.5 Å². The highest BCUT2D eigenvalue weighted by molar-refractivity contribution is 6.21. The quantitative estimate of drug-likeness (QED) is 0.219. The molecule has 0 amide bonds. The molecule has 7 aromatic rings. The van der Waals surface area contributed by atoms with Crippen molar-refractivity contribution < 1.29 is 0 Å². The molecular weight excluding hydrogens is 484 g/mol. The molecule has 40 heavy (non-hydrogen) atoms. The first kappa shape index (κ1) is 24.0. The van der Waals surface area contributed by atoms with E-state index in [0.29, 0.717) is 0 Å². The van der Waals surface area contributed by atoms with Crippen molar-refractivity contribution in [2.45, 2.75) is 13.8 Å². The van der Waals surface area contributed by atoms with Crippen molar-refractivity contribution in [3.8, 4) is 44.5 Å². The van der Waals surface area contributed by atoms with E-state index in [9.17, 15) is 0 Å². The van der Waals surface area contributed by atoms with Crippen LogP contribution in [0.15, 0.2) is 134 Å². The average Bonchev–Trinajstić information content (AvgIpc) is 3.01. The average molecular weight is 513 g/mol. The molecule has 0 N–H and O–H groups in total. The summed E-state index contributed by atoms with van der Waals surface area (Å²) in [5, 5.41) is 5.05. The van der Waals surface area contributed by atoms with Gasteiger partial charge in [-0.15, -0.1) is 0 Å². The van der Waals surface area contributed by atoms with Crippen LogP contribution < -0.4 is 0 Å². The van der Waals surface area contributed by atoms with Crippen LogP contribution in [0, 0.1) is 13.8 Å². The lowest BCUT2D eigenvalue weighted by Gasteiger charge is -2.19. The van der Waals surface area contributed by atoms with Gasteiger partial charge in [0.1, 0.15) is 0 Å². The zero-order valence-corrected chi connectivity index (χ0v) is 22.6. The summed E-state index contributed by atoms with van der Waals surface area (Å²) in [7, 11) is 0. The fraction of sp³-hybridized carbons (Fsp3) is 0.0526. The van der Waals surface area contributed by atoms with Gasteiger partial charge in [-0.2, -0.15) is 0 Å². The SMILES string of the molecule is Cc1ccncc1-c1ccc(-c2c3ccccc3c(-c3ccc(-c4cccnc4)cc3C)c3ccccc23)cc1. The molecule has 2 heteroatoms.